The van der Waals surface area contributed by atoms with Gasteiger partial charge < -0.3 is 10.4 Å². The van der Waals surface area contributed by atoms with Crippen LogP contribution in [0.2, 0.25) is 0 Å². The number of carboxylic acid groups (broad SMARTS) is 1. The third kappa shape index (κ3) is 4.10. The summed E-state index contributed by atoms with van der Waals surface area (Å²) in [7, 11) is 0. The molecule has 2 N–H and O–H groups in total. The molecule has 1 saturated carbocycles. The zero-order valence-corrected chi connectivity index (χ0v) is 15.1. The Morgan fingerprint density at radius 2 is 2.00 bits per heavy atom. The van der Waals surface area contributed by atoms with Crippen LogP contribution in [0.15, 0.2) is 0 Å². The number of amides is 1. The van der Waals surface area contributed by atoms with Crippen molar-refractivity contribution < 1.29 is 14.7 Å². The van der Waals surface area contributed by atoms with Crippen LogP contribution in [-0.2, 0) is 4.79 Å². The maximum Gasteiger partial charge on any atom is 0.305 e. The number of aromatic nitrogens is 1. The van der Waals surface area contributed by atoms with Gasteiger partial charge in [-0.25, -0.2) is 4.98 Å². The Morgan fingerprint density at radius 1 is 1.39 bits per heavy atom. The predicted octanol–water partition coefficient (Wildman–Crippen LogP) is 3.73. The lowest BCUT2D eigenvalue weighted by Gasteiger charge is -2.33. The van der Waals surface area contributed by atoms with Gasteiger partial charge in [-0.2, -0.15) is 0 Å². The number of aryl methyl sites for hydroxylation is 1. The maximum atomic E-state index is 12.7. The number of hydrogen-bond acceptors (Lipinski definition) is 4. The van der Waals surface area contributed by atoms with Crippen LogP contribution in [0.5, 0.6) is 0 Å². The van der Waals surface area contributed by atoms with E-state index in [9.17, 15) is 9.59 Å². The quantitative estimate of drug-likeness (QED) is 0.828. The second-order valence-electron chi connectivity index (χ2n) is 7.04. The molecule has 1 aliphatic carbocycles. The van der Waals surface area contributed by atoms with Crippen molar-refractivity contribution in [3.05, 3.63) is 15.6 Å². The topological polar surface area (TPSA) is 79.3 Å². The van der Waals surface area contributed by atoms with Gasteiger partial charge in [-0.15, -0.1) is 11.3 Å². The minimum absolute atomic E-state index is 0.0186. The third-order valence-electron chi connectivity index (χ3n) is 4.92. The first-order valence-corrected chi connectivity index (χ1v) is 9.06. The summed E-state index contributed by atoms with van der Waals surface area (Å²) in [5, 5.41) is 13.1. The van der Waals surface area contributed by atoms with Crippen LogP contribution < -0.4 is 5.32 Å². The fourth-order valence-electron chi connectivity index (χ4n) is 3.00. The summed E-state index contributed by atoms with van der Waals surface area (Å²) in [6.07, 6.45) is 4.67. The average Bonchev–Trinajstić information content (AvgIpc) is 3.05. The third-order valence-corrected chi connectivity index (χ3v) is 6.23. The molecule has 1 atom stereocenters. The molecule has 2 rings (SSSR count). The van der Waals surface area contributed by atoms with Gasteiger partial charge in [0.1, 0.15) is 4.88 Å². The molecule has 0 bridgehead atoms. The molecule has 5 nitrogen and oxygen atoms in total. The van der Waals surface area contributed by atoms with Gasteiger partial charge in [0, 0.05) is 5.92 Å². The molecule has 1 heterocycles. The highest BCUT2D eigenvalue weighted by Gasteiger charge is 2.34. The fourth-order valence-corrected chi connectivity index (χ4v) is 4.13. The van der Waals surface area contributed by atoms with Crippen LogP contribution in [0, 0.1) is 12.8 Å². The molecule has 23 heavy (non-hydrogen) atoms. The second kappa shape index (κ2) is 6.99. The number of carbonyl (C=O) groups excluding carboxylic acids is 1. The number of hydrogen-bond donors (Lipinski definition) is 2. The van der Waals surface area contributed by atoms with E-state index in [-0.39, 0.29) is 18.2 Å². The lowest BCUT2D eigenvalue weighted by Crippen LogP contribution is -2.51. The van der Waals surface area contributed by atoms with Gasteiger partial charge in [0.25, 0.3) is 5.91 Å². The summed E-state index contributed by atoms with van der Waals surface area (Å²) in [5.74, 6) is -0.614. The van der Waals surface area contributed by atoms with Gasteiger partial charge in [0.2, 0.25) is 0 Å². The Labute approximate surface area is 141 Å². The smallest absolute Gasteiger partial charge is 0.305 e. The molecule has 0 saturated heterocycles. The first-order valence-electron chi connectivity index (χ1n) is 8.24. The molecule has 0 radical (unpaired) electrons. The number of aliphatic carboxylic acids is 1. The summed E-state index contributed by atoms with van der Waals surface area (Å²) >= 11 is 1.47. The number of rotatable bonds is 6. The Balaban J connectivity index is 2.17. The Kier molecular flexibility index (Phi) is 5.45. The van der Waals surface area contributed by atoms with Crippen LogP contribution in [0.4, 0.5) is 0 Å². The van der Waals surface area contributed by atoms with Gasteiger partial charge in [-0.05, 0) is 32.6 Å². The number of carbonyl (C=O) groups is 2. The Morgan fingerprint density at radius 3 is 2.52 bits per heavy atom. The summed E-state index contributed by atoms with van der Waals surface area (Å²) in [6, 6.07) is 0. The lowest BCUT2D eigenvalue weighted by molar-refractivity contribution is -0.138. The number of carboxylic acids is 1. The normalized spacial score (nSPS) is 18.1. The van der Waals surface area contributed by atoms with Gasteiger partial charge in [0.05, 0.1) is 22.7 Å². The molecule has 1 fully saturated rings. The lowest BCUT2D eigenvalue weighted by atomic mass is 9.85. The molecule has 1 aliphatic rings. The van der Waals surface area contributed by atoms with Crippen molar-refractivity contribution in [1.29, 1.82) is 0 Å². The molecule has 0 aliphatic heterocycles. The monoisotopic (exact) mass is 338 g/mol. The highest BCUT2D eigenvalue weighted by atomic mass is 32.1. The molecule has 0 spiro atoms. The SMILES string of the molecule is Cc1nc(C2CCCC2)sc1C(=O)NC(C)(CC(=O)O)C(C)C. The zero-order valence-electron chi connectivity index (χ0n) is 14.3. The highest BCUT2D eigenvalue weighted by Crippen LogP contribution is 2.37. The van der Waals surface area contributed by atoms with Crippen molar-refractivity contribution in [1.82, 2.24) is 10.3 Å². The van der Waals surface area contributed by atoms with Gasteiger partial charge in [0.15, 0.2) is 0 Å². The van der Waals surface area contributed by atoms with E-state index in [1.54, 1.807) is 6.92 Å². The molecule has 0 aromatic carbocycles. The highest BCUT2D eigenvalue weighted by molar-refractivity contribution is 7.13. The fraction of sp³-hybridized carbons (Fsp3) is 0.706. The van der Waals surface area contributed by atoms with Crippen LogP contribution >= 0.6 is 11.3 Å². The van der Waals surface area contributed by atoms with Crippen molar-refractivity contribution in [2.45, 2.75) is 71.3 Å². The second-order valence-corrected chi connectivity index (χ2v) is 8.08. The molecule has 1 unspecified atom stereocenters. The van der Waals surface area contributed by atoms with E-state index in [1.807, 2.05) is 20.8 Å². The Hall–Kier alpha value is -1.43. The van der Waals surface area contributed by atoms with Gasteiger partial charge in [-0.3, -0.25) is 9.59 Å². The van der Waals surface area contributed by atoms with Crippen LogP contribution in [-0.4, -0.2) is 27.5 Å². The molecular weight excluding hydrogens is 312 g/mol. The van der Waals surface area contributed by atoms with E-state index in [1.165, 1.54) is 24.2 Å². The van der Waals surface area contributed by atoms with Gasteiger partial charge in [-0.1, -0.05) is 26.7 Å². The molecule has 1 amide bonds. The average molecular weight is 338 g/mol. The van der Waals surface area contributed by atoms with E-state index in [2.05, 4.69) is 10.3 Å². The van der Waals surface area contributed by atoms with Crippen molar-refractivity contribution in [3.63, 3.8) is 0 Å². The number of nitrogens with zero attached hydrogens (tertiary/aromatic N) is 1. The van der Waals surface area contributed by atoms with Crippen molar-refractivity contribution in [3.8, 4) is 0 Å². The summed E-state index contributed by atoms with van der Waals surface area (Å²) in [4.78, 5) is 29.0. The molecular formula is C17H26N2O3S. The standard InChI is InChI=1S/C17H26N2O3S/c1-10(2)17(4,9-13(20)21)19-15(22)14-11(3)18-16(23-14)12-7-5-6-8-12/h10,12H,5-9H2,1-4H3,(H,19,22)(H,20,21). The molecule has 1 aromatic heterocycles. The number of thiazole rings is 1. The van der Waals surface area contributed by atoms with E-state index in [0.29, 0.717) is 10.8 Å². The summed E-state index contributed by atoms with van der Waals surface area (Å²) < 4.78 is 0. The summed E-state index contributed by atoms with van der Waals surface area (Å²) in [5.41, 5.74) is -0.0248. The Bertz CT molecular complexity index is 591. The van der Waals surface area contributed by atoms with Crippen LogP contribution in [0.25, 0.3) is 0 Å². The van der Waals surface area contributed by atoms with Crippen molar-refractivity contribution >= 4 is 23.2 Å². The molecule has 128 valence electrons. The first-order chi connectivity index (χ1) is 10.7. The van der Waals surface area contributed by atoms with Gasteiger partial charge >= 0.3 is 5.97 Å². The minimum atomic E-state index is -0.908. The first kappa shape index (κ1) is 17.9. The van der Waals surface area contributed by atoms with Crippen LogP contribution in [0.1, 0.15) is 79.2 Å². The largest absolute Gasteiger partial charge is 0.481 e. The van der Waals surface area contributed by atoms with E-state index in [0.717, 1.165) is 23.5 Å². The summed E-state index contributed by atoms with van der Waals surface area (Å²) in [6.45, 7) is 7.49. The van der Waals surface area contributed by atoms with Crippen LogP contribution in [0.3, 0.4) is 0 Å². The van der Waals surface area contributed by atoms with E-state index < -0.39 is 11.5 Å². The van der Waals surface area contributed by atoms with E-state index >= 15 is 0 Å². The van der Waals surface area contributed by atoms with Crippen molar-refractivity contribution in [2.75, 3.05) is 0 Å². The maximum absolute atomic E-state index is 12.7. The number of nitrogens with one attached hydrogen (secondary N) is 1. The minimum Gasteiger partial charge on any atom is -0.481 e. The molecule has 6 heteroatoms. The zero-order chi connectivity index (χ0) is 17.2. The predicted molar refractivity (Wildman–Crippen MR) is 91.0 cm³/mol. The van der Waals surface area contributed by atoms with Crippen molar-refractivity contribution in [2.24, 2.45) is 5.92 Å². The van der Waals surface area contributed by atoms with E-state index in [4.69, 9.17) is 5.11 Å². The molecule has 1 aromatic rings.